The van der Waals surface area contributed by atoms with Gasteiger partial charge in [-0.1, -0.05) is 44.4 Å². The van der Waals surface area contributed by atoms with Gasteiger partial charge in [-0.2, -0.15) is 0 Å². The monoisotopic (exact) mass is 504 g/mol. The van der Waals surface area contributed by atoms with Crippen molar-refractivity contribution in [3.8, 4) is 0 Å². The number of nitrogens with zero attached hydrogens (tertiary/aromatic N) is 4. The quantitative estimate of drug-likeness (QED) is 0.244. The molecule has 0 aliphatic heterocycles. The first-order chi connectivity index (χ1) is 18.6. The first kappa shape index (κ1) is 27.1. The molecule has 0 saturated heterocycles. The fourth-order valence-corrected chi connectivity index (χ4v) is 4.52. The standard InChI is InChI=1S/C34H40N4/c1-5-7-25-37(31-17-9-27(3)10-18-31)33-21-23-34(24-22-33)38(26-8-6-2)32-19-15-30(16-20-32)36-29-13-11-28(35-4)12-14-29/h9-24H,5-8,25-26H2,1-4H3. The van der Waals surface area contributed by atoms with E-state index in [1.807, 2.05) is 24.3 Å². The van der Waals surface area contributed by atoms with E-state index in [9.17, 15) is 0 Å². The molecule has 0 amide bonds. The molecule has 4 nitrogen and oxygen atoms in total. The number of anilines is 4. The first-order valence-corrected chi connectivity index (χ1v) is 13.8. The second-order valence-electron chi connectivity index (χ2n) is 9.73. The number of hydrogen-bond acceptors (Lipinski definition) is 4. The minimum absolute atomic E-state index is 0.935. The van der Waals surface area contributed by atoms with Gasteiger partial charge in [-0.3, -0.25) is 4.99 Å². The summed E-state index contributed by atoms with van der Waals surface area (Å²) in [5.74, 6) is 0. The molecule has 0 N–H and O–H groups in total. The predicted octanol–water partition coefficient (Wildman–Crippen LogP) is 9.14. The number of unbranched alkanes of at least 4 members (excludes halogenated alkanes) is 2. The van der Waals surface area contributed by atoms with Crippen molar-refractivity contribution in [2.75, 3.05) is 29.9 Å². The SMILES string of the molecule is CCCCN(c1ccc(C)cc1)c1ccc(N(CCCC)c2ccc(N=C3C=CC(=NC)C=C3)cc2)cc1. The van der Waals surface area contributed by atoms with Gasteiger partial charge < -0.3 is 9.80 Å². The molecule has 196 valence electrons. The molecule has 3 aromatic rings. The second-order valence-corrected chi connectivity index (χ2v) is 9.73. The minimum atomic E-state index is 0.935. The lowest BCUT2D eigenvalue weighted by atomic mass is 10.1. The Balaban J connectivity index is 1.56. The number of aryl methyl sites for hydroxylation is 1. The third-order valence-corrected chi connectivity index (χ3v) is 6.82. The molecule has 0 spiro atoms. The molecule has 38 heavy (non-hydrogen) atoms. The summed E-state index contributed by atoms with van der Waals surface area (Å²) >= 11 is 0. The third-order valence-electron chi connectivity index (χ3n) is 6.82. The van der Waals surface area contributed by atoms with Gasteiger partial charge in [0, 0.05) is 42.9 Å². The van der Waals surface area contributed by atoms with E-state index in [1.54, 1.807) is 7.05 Å². The number of hydrogen-bond donors (Lipinski definition) is 0. The normalized spacial score (nSPS) is 12.5. The summed E-state index contributed by atoms with van der Waals surface area (Å²) in [5.41, 5.74) is 9.02. The lowest BCUT2D eigenvalue weighted by Gasteiger charge is -2.28. The fraction of sp³-hybridized carbons (Fsp3) is 0.294. The number of allylic oxidation sites excluding steroid dienone is 4. The molecule has 4 rings (SSSR count). The molecule has 4 heteroatoms. The van der Waals surface area contributed by atoms with Gasteiger partial charge in [-0.25, -0.2) is 4.99 Å². The van der Waals surface area contributed by atoms with Crippen LogP contribution in [0.1, 0.15) is 45.1 Å². The lowest BCUT2D eigenvalue weighted by molar-refractivity contribution is 0.782. The van der Waals surface area contributed by atoms with Crippen LogP contribution in [0.2, 0.25) is 0 Å². The summed E-state index contributed by atoms with van der Waals surface area (Å²) < 4.78 is 0. The third kappa shape index (κ3) is 7.10. The average Bonchev–Trinajstić information content (AvgIpc) is 2.96. The van der Waals surface area contributed by atoms with Crippen LogP contribution in [0.15, 0.2) is 107 Å². The summed E-state index contributed by atoms with van der Waals surface area (Å²) in [6, 6.07) is 26.5. The van der Waals surface area contributed by atoms with E-state index in [1.165, 1.54) is 34.7 Å². The molecule has 0 radical (unpaired) electrons. The van der Waals surface area contributed by atoms with E-state index in [0.717, 1.165) is 49.5 Å². The highest BCUT2D eigenvalue weighted by Gasteiger charge is 2.13. The Bertz CT molecular complexity index is 1260. The Morgan fingerprint density at radius 2 is 0.947 bits per heavy atom. The molecule has 0 heterocycles. The Kier molecular flexibility index (Phi) is 9.69. The topological polar surface area (TPSA) is 31.2 Å². The summed E-state index contributed by atoms with van der Waals surface area (Å²) in [5, 5.41) is 0. The zero-order chi connectivity index (χ0) is 26.7. The van der Waals surface area contributed by atoms with Crippen molar-refractivity contribution in [3.05, 3.63) is 103 Å². The van der Waals surface area contributed by atoms with Crippen LogP contribution in [0.25, 0.3) is 0 Å². The van der Waals surface area contributed by atoms with E-state index in [4.69, 9.17) is 4.99 Å². The van der Waals surface area contributed by atoms with E-state index >= 15 is 0 Å². The molecule has 0 unspecified atom stereocenters. The van der Waals surface area contributed by atoms with Gasteiger partial charge >= 0.3 is 0 Å². The Hall–Kier alpha value is -3.92. The lowest BCUT2D eigenvalue weighted by Crippen LogP contribution is -2.20. The second kappa shape index (κ2) is 13.6. The Morgan fingerprint density at radius 1 is 0.553 bits per heavy atom. The van der Waals surface area contributed by atoms with Gasteiger partial charge in [0.05, 0.1) is 17.1 Å². The number of benzene rings is 3. The first-order valence-electron chi connectivity index (χ1n) is 13.8. The molecule has 0 atom stereocenters. The summed E-state index contributed by atoms with van der Waals surface area (Å²) in [6.07, 6.45) is 12.6. The van der Waals surface area contributed by atoms with Gasteiger partial charge in [-0.15, -0.1) is 0 Å². The molecule has 1 aliphatic rings. The van der Waals surface area contributed by atoms with Crippen LogP contribution in [0.5, 0.6) is 0 Å². The van der Waals surface area contributed by atoms with Crippen LogP contribution >= 0.6 is 0 Å². The van der Waals surface area contributed by atoms with Gasteiger partial charge in [0.15, 0.2) is 0 Å². The Morgan fingerprint density at radius 3 is 1.37 bits per heavy atom. The van der Waals surface area contributed by atoms with Crippen molar-refractivity contribution in [1.82, 2.24) is 0 Å². The van der Waals surface area contributed by atoms with Gasteiger partial charge in [0.1, 0.15) is 0 Å². The highest BCUT2D eigenvalue weighted by atomic mass is 15.1. The van der Waals surface area contributed by atoms with Crippen molar-refractivity contribution in [2.24, 2.45) is 9.98 Å². The van der Waals surface area contributed by atoms with Crippen LogP contribution in [-0.4, -0.2) is 31.6 Å². The number of aliphatic imine (C=N–C) groups is 2. The molecule has 0 bridgehead atoms. The molecule has 0 fully saturated rings. The molecular weight excluding hydrogens is 464 g/mol. The molecule has 1 aliphatic carbocycles. The van der Waals surface area contributed by atoms with Crippen molar-refractivity contribution in [2.45, 2.75) is 46.5 Å². The maximum atomic E-state index is 4.78. The largest absolute Gasteiger partial charge is 0.341 e. The van der Waals surface area contributed by atoms with E-state index < -0.39 is 0 Å². The maximum absolute atomic E-state index is 4.78. The van der Waals surface area contributed by atoms with Crippen molar-refractivity contribution in [1.29, 1.82) is 0 Å². The fourth-order valence-electron chi connectivity index (χ4n) is 4.52. The predicted molar refractivity (Wildman–Crippen MR) is 167 cm³/mol. The zero-order valence-corrected chi connectivity index (χ0v) is 23.3. The van der Waals surface area contributed by atoms with Gasteiger partial charge in [-0.05, 0) is 105 Å². The average molecular weight is 505 g/mol. The van der Waals surface area contributed by atoms with E-state index in [2.05, 4.69) is 108 Å². The molecule has 3 aromatic carbocycles. The van der Waals surface area contributed by atoms with Crippen LogP contribution in [0.4, 0.5) is 28.4 Å². The highest BCUT2D eigenvalue weighted by Crippen LogP contribution is 2.32. The van der Waals surface area contributed by atoms with Crippen LogP contribution in [0, 0.1) is 6.92 Å². The summed E-state index contributed by atoms with van der Waals surface area (Å²) in [6.45, 7) is 8.62. The van der Waals surface area contributed by atoms with Crippen molar-refractivity contribution in [3.63, 3.8) is 0 Å². The van der Waals surface area contributed by atoms with E-state index in [0.29, 0.717) is 0 Å². The van der Waals surface area contributed by atoms with Crippen molar-refractivity contribution >= 4 is 39.9 Å². The zero-order valence-electron chi connectivity index (χ0n) is 23.3. The Labute approximate surface area is 228 Å². The van der Waals surface area contributed by atoms with Crippen LogP contribution in [-0.2, 0) is 0 Å². The maximum Gasteiger partial charge on any atom is 0.0638 e. The minimum Gasteiger partial charge on any atom is -0.341 e. The molecular formula is C34H40N4. The van der Waals surface area contributed by atoms with Crippen LogP contribution < -0.4 is 9.80 Å². The van der Waals surface area contributed by atoms with Gasteiger partial charge in [0.2, 0.25) is 0 Å². The molecule has 0 aromatic heterocycles. The molecule has 0 saturated carbocycles. The summed E-state index contributed by atoms with van der Waals surface area (Å²) in [4.78, 5) is 13.8. The van der Waals surface area contributed by atoms with E-state index in [-0.39, 0.29) is 0 Å². The van der Waals surface area contributed by atoms with Crippen molar-refractivity contribution < 1.29 is 0 Å². The van der Waals surface area contributed by atoms with Crippen LogP contribution in [0.3, 0.4) is 0 Å². The highest BCUT2D eigenvalue weighted by molar-refractivity contribution is 6.18. The number of rotatable bonds is 11. The summed E-state index contributed by atoms with van der Waals surface area (Å²) in [7, 11) is 1.80. The smallest absolute Gasteiger partial charge is 0.0638 e. The van der Waals surface area contributed by atoms with Gasteiger partial charge in [0.25, 0.3) is 0 Å².